The van der Waals surface area contributed by atoms with Gasteiger partial charge in [0.15, 0.2) is 0 Å². The van der Waals surface area contributed by atoms with Crippen LogP contribution in [0.3, 0.4) is 0 Å². The summed E-state index contributed by atoms with van der Waals surface area (Å²) in [7, 11) is 0. The Morgan fingerprint density at radius 1 is 0.450 bits per heavy atom. The van der Waals surface area contributed by atoms with Crippen LogP contribution in [0.5, 0.6) is 0 Å². The van der Waals surface area contributed by atoms with E-state index in [1.807, 2.05) is 0 Å². The van der Waals surface area contributed by atoms with E-state index in [4.69, 9.17) is 0 Å². The monoisotopic (exact) mass is 797 g/mol. The maximum absolute atomic E-state index is 2.71. The summed E-state index contributed by atoms with van der Waals surface area (Å²) in [6.45, 7) is 35.6. The van der Waals surface area contributed by atoms with Gasteiger partial charge in [0.1, 0.15) is 0 Å². The molecule has 5 aromatic carbocycles. The van der Waals surface area contributed by atoms with Gasteiger partial charge in [-0.25, -0.2) is 0 Å². The SMILES string of the molecule is CC(C)c1cc(N2c3cc(C(C)C)ccc3B3c4ccc(C(C)C)cc4N(c4cc(C(C)(C)C)cc(C(C)(C)C)c4)c4cc(C5CCCCC5)cc2c43)cc(C(C)(C)C)c1. The molecule has 0 aromatic heterocycles. The average molecular weight is 797 g/mol. The smallest absolute Gasteiger partial charge is 0.252 e. The summed E-state index contributed by atoms with van der Waals surface area (Å²) in [5.41, 5.74) is 22.1. The average Bonchev–Trinajstić information content (AvgIpc) is 3.19. The van der Waals surface area contributed by atoms with Crippen molar-refractivity contribution in [3.8, 4) is 0 Å². The minimum atomic E-state index is -0.00360. The summed E-state index contributed by atoms with van der Waals surface area (Å²) < 4.78 is 0. The summed E-state index contributed by atoms with van der Waals surface area (Å²) in [6, 6.07) is 35.3. The second-order valence-electron chi connectivity index (χ2n) is 22.8. The predicted octanol–water partition coefficient (Wildman–Crippen LogP) is 15.1. The Morgan fingerprint density at radius 3 is 1.28 bits per heavy atom. The Labute approximate surface area is 365 Å². The third kappa shape index (κ3) is 7.66. The van der Waals surface area contributed by atoms with Crippen molar-refractivity contribution >= 4 is 57.2 Å². The third-order valence-electron chi connectivity index (χ3n) is 14.2. The topological polar surface area (TPSA) is 6.48 Å². The molecule has 0 unspecified atom stereocenters. The lowest BCUT2D eigenvalue weighted by Gasteiger charge is -2.46. The highest BCUT2D eigenvalue weighted by Gasteiger charge is 2.45. The molecule has 8 rings (SSSR count). The minimum absolute atomic E-state index is 0.00360. The Kier molecular flexibility index (Phi) is 10.8. The molecular formula is C57H73BN2. The van der Waals surface area contributed by atoms with Crippen LogP contribution in [-0.4, -0.2) is 6.71 Å². The number of rotatable bonds is 6. The molecule has 2 aliphatic heterocycles. The van der Waals surface area contributed by atoms with Crippen molar-refractivity contribution in [2.24, 2.45) is 0 Å². The van der Waals surface area contributed by atoms with Crippen molar-refractivity contribution in [1.82, 2.24) is 0 Å². The van der Waals surface area contributed by atoms with Gasteiger partial charge >= 0.3 is 0 Å². The van der Waals surface area contributed by atoms with Gasteiger partial charge in [-0.15, -0.1) is 0 Å². The molecule has 2 nitrogen and oxygen atoms in total. The highest BCUT2D eigenvalue weighted by molar-refractivity contribution is 7.00. The Balaban J connectivity index is 1.53. The van der Waals surface area contributed by atoms with E-state index in [9.17, 15) is 0 Å². The zero-order chi connectivity index (χ0) is 43.2. The lowest BCUT2D eigenvalue weighted by Crippen LogP contribution is -2.61. The maximum atomic E-state index is 2.71. The lowest BCUT2D eigenvalue weighted by molar-refractivity contribution is 0.444. The molecule has 0 bridgehead atoms. The maximum Gasteiger partial charge on any atom is 0.252 e. The van der Waals surface area contributed by atoms with Crippen molar-refractivity contribution in [3.05, 3.63) is 124 Å². The van der Waals surface area contributed by atoms with Gasteiger partial charge in [-0.2, -0.15) is 0 Å². The van der Waals surface area contributed by atoms with Crippen LogP contribution >= 0.6 is 0 Å². The molecule has 0 N–H and O–H groups in total. The Hall–Kier alpha value is -4.24. The van der Waals surface area contributed by atoms with Gasteiger partial charge in [-0.1, -0.05) is 160 Å². The Morgan fingerprint density at radius 2 is 0.867 bits per heavy atom. The van der Waals surface area contributed by atoms with E-state index >= 15 is 0 Å². The number of fused-ring (bicyclic) bond motifs is 4. The normalized spacial score (nSPS) is 15.9. The molecular weight excluding hydrogens is 723 g/mol. The molecule has 0 amide bonds. The number of anilines is 6. The van der Waals surface area contributed by atoms with Crippen molar-refractivity contribution in [2.45, 2.75) is 176 Å². The van der Waals surface area contributed by atoms with Crippen LogP contribution in [-0.2, 0) is 16.2 Å². The summed E-state index contributed by atoms with van der Waals surface area (Å²) in [5, 5.41) is 0. The molecule has 314 valence electrons. The number of hydrogen-bond acceptors (Lipinski definition) is 2. The Bertz CT molecular complexity index is 2390. The summed E-state index contributed by atoms with van der Waals surface area (Å²) in [4.78, 5) is 5.42. The molecule has 3 aliphatic rings. The van der Waals surface area contributed by atoms with E-state index in [2.05, 4.69) is 199 Å². The van der Waals surface area contributed by atoms with Crippen molar-refractivity contribution in [1.29, 1.82) is 0 Å². The molecule has 60 heavy (non-hydrogen) atoms. The number of hydrogen-bond donors (Lipinski definition) is 0. The fraction of sp³-hybridized carbons (Fsp3) is 0.474. The van der Waals surface area contributed by atoms with Crippen molar-refractivity contribution in [3.63, 3.8) is 0 Å². The lowest BCUT2D eigenvalue weighted by atomic mass is 9.33. The van der Waals surface area contributed by atoms with E-state index in [-0.39, 0.29) is 23.0 Å². The van der Waals surface area contributed by atoms with Crippen molar-refractivity contribution < 1.29 is 0 Å². The fourth-order valence-corrected chi connectivity index (χ4v) is 10.1. The quantitative estimate of drug-likeness (QED) is 0.155. The first-order chi connectivity index (χ1) is 28.1. The van der Waals surface area contributed by atoms with Gasteiger partial charge in [-0.3, -0.25) is 0 Å². The van der Waals surface area contributed by atoms with Crippen LogP contribution in [0.2, 0.25) is 0 Å². The molecule has 5 aromatic rings. The molecule has 0 saturated heterocycles. The van der Waals surface area contributed by atoms with Gasteiger partial charge in [0, 0.05) is 34.1 Å². The van der Waals surface area contributed by atoms with Gasteiger partial charge in [0.05, 0.1) is 0 Å². The zero-order valence-electron chi connectivity index (χ0n) is 39.9. The molecule has 3 heteroatoms. The van der Waals surface area contributed by atoms with E-state index < -0.39 is 0 Å². The van der Waals surface area contributed by atoms with Crippen LogP contribution in [0.15, 0.2) is 84.9 Å². The van der Waals surface area contributed by atoms with Crippen LogP contribution in [0.4, 0.5) is 34.1 Å². The molecule has 1 saturated carbocycles. The number of benzene rings is 5. The zero-order valence-corrected chi connectivity index (χ0v) is 39.9. The second kappa shape index (κ2) is 15.3. The fourth-order valence-electron chi connectivity index (χ4n) is 10.1. The standard InChI is InChI=1S/C57H73BN2/c1-35(2)39-21-23-48-50(27-39)59(46-26-41(37(5)6)25-43(32-46)55(7,8)9)52-29-42(38-19-17-16-18-20-38)30-53-54(52)58(48)49-24-22-40(36(3)4)28-51(49)60(53)47-33-44(56(10,11)12)31-45(34-47)57(13,14)15/h21-38H,16-20H2,1-15H3. The minimum Gasteiger partial charge on any atom is -0.311 e. The van der Waals surface area contributed by atoms with E-state index in [0.717, 1.165) is 0 Å². The van der Waals surface area contributed by atoms with Crippen molar-refractivity contribution in [2.75, 3.05) is 9.80 Å². The van der Waals surface area contributed by atoms with Crippen LogP contribution in [0.1, 0.15) is 199 Å². The van der Waals surface area contributed by atoms with Gasteiger partial charge in [0.25, 0.3) is 6.71 Å². The van der Waals surface area contributed by atoms with E-state index in [0.29, 0.717) is 23.7 Å². The second-order valence-corrected chi connectivity index (χ2v) is 22.8. The summed E-state index contributed by atoms with van der Waals surface area (Å²) in [6.07, 6.45) is 6.48. The first kappa shape index (κ1) is 42.5. The molecule has 0 atom stereocenters. The largest absolute Gasteiger partial charge is 0.311 e. The molecule has 2 heterocycles. The van der Waals surface area contributed by atoms with Gasteiger partial charge < -0.3 is 9.80 Å². The van der Waals surface area contributed by atoms with Gasteiger partial charge in [0.2, 0.25) is 0 Å². The van der Waals surface area contributed by atoms with E-state index in [1.54, 1.807) is 0 Å². The van der Waals surface area contributed by atoms with Crippen LogP contribution < -0.4 is 26.2 Å². The van der Waals surface area contributed by atoms with Gasteiger partial charge in [-0.05, 0) is 157 Å². The molecule has 1 fully saturated rings. The molecule has 0 radical (unpaired) electrons. The number of nitrogens with zero attached hydrogens (tertiary/aromatic N) is 2. The first-order valence-electron chi connectivity index (χ1n) is 23.5. The highest BCUT2D eigenvalue weighted by Crippen LogP contribution is 2.49. The third-order valence-corrected chi connectivity index (χ3v) is 14.2. The summed E-state index contributed by atoms with van der Waals surface area (Å²) in [5.74, 6) is 1.80. The molecule has 1 aliphatic carbocycles. The van der Waals surface area contributed by atoms with Crippen LogP contribution in [0, 0.1) is 0 Å². The van der Waals surface area contributed by atoms with E-state index in [1.165, 1.54) is 122 Å². The van der Waals surface area contributed by atoms with Crippen LogP contribution in [0.25, 0.3) is 0 Å². The molecule has 0 spiro atoms. The summed E-state index contributed by atoms with van der Waals surface area (Å²) >= 11 is 0. The first-order valence-corrected chi connectivity index (χ1v) is 23.5. The predicted molar refractivity (Wildman–Crippen MR) is 265 cm³/mol. The highest BCUT2D eigenvalue weighted by atomic mass is 15.2.